The van der Waals surface area contributed by atoms with Gasteiger partial charge in [-0.05, 0) is 37.3 Å². The summed E-state index contributed by atoms with van der Waals surface area (Å²) in [7, 11) is 1.57. The summed E-state index contributed by atoms with van der Waals surface area (Å²) in [6.07, 6.45) is 0. The molecule has 1 heterocycles. The van der Waals surface area contributed by atoms with Crippen LogP contribution >= 0.6 is 11.6 Å². The molecule has 0 spiro atoms. The lowest BCUT2D eigenvalue weighted by Crippen LogP contribution is -2.03. The molecule has 5 nitrogen and oxygen atoms in total. The zero-order valence-corrected chi connectivity index (χ0v) is 13.9. The third-order valence-corrected chi connectivity index (χ3v) is 3.96. The first-order chi connectivity index (χ1) is 11.5. The molecule has 0 aliphatic carbocycles. The summed E-state index contributed by atoms with van der Waals surface area (Å²) < 4.78 is 5.36. The summed E-state index contributed by atoms with van der Waals surface area (Å²) in [4.78, 5) is 15.9. The van der Waals surface area contributed by atoms with Crippen molar-refractivity contribution in [1.29, 1.82) is 0 Å². The molecule has 0 saturated heterocycles. The lowest BCUT2D eigenvalue weighted by molar-refractivity contribution is 0.0698. The average Bonchev–Trinajstić information content (AvgIpc) is 2.55. The predicted molar refractivity (Wildman–Crippen MR) is 94.7 cm³/mol. The SMILES string of the molecule is COc1ccc(Cl)c2c(Nc3ccccc3C(=O)O)cc(C)nc12. The number of hydrogen-bond donors (Lipinski definition) is 2. The number of rotatable bonds is 4. The van der Waals surface area contributed by atoms with Gasteiger partial charge >= 0.3 is 5.97 Å². The molecule has 2 aromatic carbocycles. The van der Waals surface area contributed by atoms with Crippen LogP contribution in [0.5, 0.6) is 5.75 Å². The lowest BCUT2D eigenvalue weighted by atomic mass is 10.1. The van der Waals surface area contributed by atoms with Gasteiger partial charge in [-0.1, -0.05) is 23.7 Å². The first-order valence-electron chi connectivity index (χ1n) is 7.24. The average molecular weight is 343 g/mol. The molecule has 0 unspecified atom stereocenters. The van der Waals surface area contributed by atoms with Gasteiger partial charge in [0, 0.05) is 11.1 Å². The van der Waals surface area contributed by atoms with Gasteiger partial charge in [-0.2, -0.15) is 0 Å². The number of halogens is 1. The maximum absolute atomic E-state index is 11.4. The maximum Gasteiger partial charge on any atom is 0.337 e. The molecule has 0 aliphatic rings. The Bertz CT molecular complexity index is 941. The van der Waals surface area contributed by atoms with E-state index >= 15 is 0 Å². The van der Waals surface area contributed by atoms with Gasteiger partial charge < -0.3 is 15.2 Å². The first kappa shape index (κ1) is 16.1. The minimum Gasteiger partial charge on any atom is -0.494 e. The maximum atomic E-state index is 11.4. The topological polar surface area (TPSA) is 71.5 Å². The zero-order chi connectivity index (χ0) is 17.3. The van der Waals surface area contributed by atoms with E-state index in [0.29, 0.717) is 33.0 Å². The summed E-state index contributed by atoms with van der Waals surface area (Å²) in [5.41, 5.74) is 2.73. The van der Waals surface area contributed by atoms with Crippen molar-refractivity contribution in [3.05, 3.63) is 58.7 Å². The summed E-state index contributed by atoms with van der Waals surface area (Å²) in [5, 5.41) is 13.7. The van der Waals surface area contributed by atoms with Gasteiger partial charge in [0.15, 0.2) is 0 Å². The number of nitrogens with one attached hydrogen (secondary N) is 1. The van der Waals surface area contributed by atoms with E-state index in [0.717, 1.165) is 5.69 Å². The Balaban J connectivity index is 2.22. The van der Waals surface area contributed by atoms with Gasteiger partial charge in [-0.25, -0.2) is 9.78 Å². The molecule has 24 heavy (non-hydrogen) atoms. The van der Waals surface area contributed by atoms with Crippen LogP contribution < -0.4 is 10.1 Å². The molecule has 0 atom stereocenters. The van der Waals surface area contributed by atoms with Crippen LogP contribution in [-0.2, 0) is 0 Å². The summed E-state index contributed by atoms with van der Waals surface area (Å²) in [5.74, 6) is -0.399. The van der Waals surface area contributed by atoms with Crippen LogP contribution in [0.4, 0.5) is 11.4 Å². The molecule has 3 aromatic rings. The molecule has 0 saturated carbocycles. The Morgan fingerprint density at radius 2 is 1.96 bits per heavy atom. The van der Waals surface area contributed by atoms with Crippen molar-refractivity contribution >= 4 is 39.8 Å². The predicted octanol–water partition coefficient (Wildman–Crippen LogP) is 4.65. The monoisotopic (exact) mass is 342 g/mol. The number of para-hydroxylation sites is 1. The van der Waals surface area contributed by atoms with E-state index < -0.39 is 5.97 Å². The van der Waals surface area contributed by atoms with Crippen LogP contribution in [0.25, 0.3) is 10.9 Å². The summed E-state index contributed by atoms with van der Waals surface area (Å²) in [6.45, 7) is 1.86. The highest BCUT2D eigenvalue weighted by atomic mass is 35.5. The van der Waals surface area contributed by atoms with Gasteiger partial charge in [0.25, 0.3) is 0 Å². The van der Waals surface area contributed by atoms with Crippen molar-refractivity contribution in [2.24, 2.45) is 0 Å². The zero-order valence-electron chi connectivity index (χ0n) is 13.1. The fourth-order valence-electron chi connectivity index (χ4n) is 2.59. The number of aromatic nitrogens is 1. The Labute approximate surface area is 143 Å². The molecule has 3 rings (SSSR count). The van der Waals surface area contributed by atoms with Gasteiger partial charge in [0.1, 0.15) is 11.3 Å². The fraction of sp³-hybridized carbons (Fsp3) is 0.111. The first-order valence-corrected chi connectivity index (χ1v) is 7.62. The number of aromatic carboxylic acids is 1. The van der Waals surface area contributed by atoms with Crippen molar-refractivity contribution in [3.8, 4) is 5.75 Å². The van der Waals surface area contributed by atoms with E-state index in [1.54, 1.807) is 43.5 Å². The molecule has 0 aliphatic heterocycles. The summed E-state index contributed by atoms with van der Waals surface area (Å²) in [6, 6.07) is 12.0. The van der Waals surface area contributed by atoms with Crippen LogP contribution in [0.15, 0.2) is 42.5 Å². The second kappa shape index (κ2) is 6.37. The Morgan fingerprint density at radius 3 is 2.67 bits per heavy atom. The molecule has 0 bridgehead atoms. The largest absolute Gasteiger partial charge is 0.494 e. The van der Waals surface area contributed by atoms with Crippen LogP contribution in [0.2, 0.25) is 5.02 Å². The highest BCUT2D eigenvalue weighted by Crippen LogP contribution is 2.37. The minimum atomic E-state index is -1.00. The Hall–Kier alpha value is -2.79. The van der Waals surface area contributed by atoms with Gasteiger partial charge in [0.05, 0.1) is 29.1 Å². The van der Waals surface area contributed by atoms with Crippen LogP contribution in [0.1, 0.15) is 16.1 Å². The number of hydrogen-bond acceptors (Lipinski definition) is 4. The molecule has 0 fully saturated rings. The molecule has 0 amide bonds. The third kappa shape index (κ3) is 2.86. The van der Waals surface area contributed by atoms with Crippen molar-refractivity contribution < 1.29 is 14.6 Å². The van der Waals surface area contributed by atoms with Crippen molar-refractivity contribution in [1.82, 2.24) is 4.98 Å². The normalized spacial score (nSPS) is 10.6. The number of carboxylic acid groups (broad SMARTS) is 1. The number of carbonyl (C=O) groups is 1. The summed E-state index contributed by atoms with van der Waals surface area (Å²) >= 11 is 6.36. The Morgan fingerprint density at radius 1 is 1.21 bits per heavy atom. The van der Waals surface area contributed by atoms with E-state index in [-0.39, 0.29) is 5.56 Å². The molecule has 0 radical (unpaired) electrons. The number of methoxy groups -OCH3 is 1. The molecular formula is C18H15ClN2O3. The number of pyridine rings is 1. The number of ether oxygens (including phenoxy) is 1. The van der Waals surface area contributed by atoms with Crippen LogP contribution in [-0.4, -0.2) is 23.2 Å². The fourth-order valence-corrected chi connectivity index (χ4v) is 2.85. The number of nitrogens with zero attached hydrogens (tertiary/aromatic N) is 1. The minimum absolute atomic E-state index is 0.180. The number of anilines is 2. The highest BCUT2D eigenvalue weighted by Gasteiger charge is 2.15. The number of aryl methyl sites for hydroxylation is 1. The van der Waals surface area contributed by atoms with E-state index in [2.05, 4.69) is 10.3 Å². The van der Waals surface area contributed by atoms with Crippen LogP contribution in [0.3, 0.4) is 0 Å². The van der Waals surface area contributed by atoms with Crippen LogP contribution in [0, 0.1) is 6.92 Å². The van der Waals surface area contributed by atoms with Gasteiger partial charge in [-0.15, -0.1) is 0 Å². The van der Waals surface area contributed by atoms with Gasteiger partial charge in [-0.3, -0.25) is 0 Å². The molecule has 2 N–H and O–H groups in total. The van der Waals surface area contributed by atoms with Crippen molar-refractivity contribution in [3.63, 3.8) is 0 Å². The van der Waals surface area contributed by atoms with Crippen molar-refractivity contribution in [2.75, 3.05) is 12.4 Å². The second-order valence-electron chi connectivity index (χ2n) is 5.26. The van der Waals surface area contributed by atoms with E-state index in [1.165, 1.54) is 0 Å². The molecule has 1 aromatic heterocycles. The standard InChI is InChI=1S/C18H15ClN2O3/c1-10-9-14(21-13-6-4-3-5-11(13)18(22)23)16-12(19)7-8-15(24-2)17(16)20-10/h3-9H,1-2H3,(H,20,21)(H,22,23). The van der Waals surface area contributed by atoms with E-state index in [4.69, 9.17) is 16.3 Å². The van der Waals surface area contributed by atoms with E-state index in [1.807, 2.05) is 13.0 Å². The third-order valence-electron chi connectivity index (χ3n) is 3.65. The quantitative estimate of drug-likeness (QED) is 0.722. The molecular weight excluding hydrogens is 328 g/mol. The van der Waals surface area contributed by atoms with Crippen molar-refractivity contribution in [2.45, 2.75) is 6.92 Å². The highest BCUT2D eigenvalue weighted by molar-refractivity contribution is 6.36. The Kier molecular flexibility index (Phi) is 4.27. The molecule has 6 heteroatoms. The smallest absolute Gasteiger partial charge is 0.337 e. The number of fused-ring (bicyclic) bond motifs is 1. The second-order valence-corrected chi connectivity index (χ2v) is 5.67. The van der Waals surface area contributed by atoms with E-state index in [9.17, 15) is 9.90 Å². The van der Waals surface area contributed by atoms with Gasteiger partial charge in [0.2, 0.25) is 0 Å². The lowest BCUT2D eigenvalue weighted by Gasteiger charge is -2.15. The molecule has 122 valence electrons. The number of carboxylic acids is 1. The number of benzene rings is 2.